The average molecular weight is 236 g/mol. The van der Waals surface area contributed by atoms with Crippen LogP contribution in [-0.2, 0) is 13.1 Å². The molecule has 0 amide bonds. The van der Waals surface area contributed by atoms with Crippen molar-refractivity contribution < 1.29 is 5.11 Å². The standard InChI is InChI=1S/C13H20N2O2/c1-2-5-15-10-13(17)12(16)8-11(15)9-14-6-3-4-7-14/h8,10,17H,2-7,9H2,1H3. The Kier molecular flexibility index (Phi) is 3.84. The van der Waals surface area contributed by atoms with E-state index in [4.69, 9.17) is 0 Å². The Bertz CT molecular complexity index is 434. The lowest BCUT2D eigenvalue weighted by Gasteiger charge is -2.19. The van der Waals surface area contributed by atoms with E-state index in [1.165, 1.54) is 12.8 Å². The van der Waals surface area contributed by atoms with Crippen molar-refractivity contribution in [2.75, 3.05) is 13.1 Å². The number of aromatic hydroxyl groups is 1. The van der Waals surface area contributed by atoms with Gasteiger partial charge in [-0.1, -0.05) is 6.92 Å². The summed E-state index contributed by atoms with van der Waals surface area (Å²) in [4.78, 5) is 13.8. The lowest BCUT2D eigenvalue weighted by Crippen LogP contribution is -2.23. The number of hydrogen-bond donors (Lipinski definition) is 1. The summed E-state index contributed by atoms with van der Waals surface area (Å²) in [6.45, 7) is 5.98. The molecular formula is C13H20N2O2. The second kappa shape index (κ2) is 5.36. The fourth-order valence-corrected chi connectivity index (χ4v) is 2.36. The highest BCUT2D eigenvalue weighted by Gasteiger charge is 2.14. The van der Waals surface area contributed by atoms with E-state index >= 15 is 0 Å². The van der Waals surface area contributed by atoms with Gasteiger partial charge < -0.3 is 9.67 Å². The SMILES string of the molecule is CCCn1cc(O)c(=O)cc1CN1CCCC1. The zero-order valence-corrected chi connectivity index (χ0v) is 10.4. The van der Waals surface area contributed by atoms with Crippen molar-refractivity contribution in [2.24, 2.45) is 0 Å². The first-order valence-corrected chi connectivity index (χ1v) is 6.35. The quantitative estimate of drug-likeness (QED) is 0.863. The van der Waals surface area contributed by atoms with Crippen molar-refractivity contribution in [1.29, 1.82) is 0 Å². The van der Waals surface area contributed by atoms with E-state index in [2.05, 4.69) is 11.8 Å². The van der Waals surface area contributed by atoms with Crippen LogP contribution in [0.15, 0.2) is 17.1 Å². The van der Waals surface area contributed by atoms with Crippen LogP contribution >= 0.6 is 0 Å². The first-order valence-electron chi connectivity index (χ1n) is 6.35. The maximum absolute atomic E-state index is 11.5. The molecule has 0 saturated carbocycles. The fraction of sp³-hybridized carbons (Fsp3) is 0.615. The van der Waals surface area contributed by atoms with Crippen molar-refractivity contribution in [3.8, 4) is 5.75 Å². The number of rotatable bonds is 4. The summed E-state index contributed by atoms with van der Waals surface area (Å²) < 4.78 is 2.00. The smallest absolute Gasteiger partial charge is 0.223 e. The van der Waals surface area contributed by atoms with Crippen molar-refractivity contribution in [1.82, 2.24) is 9.47 Å². The molecule has 2 rings (SSSR count). The molecule has 17 heavy (non-hydrogen) atoms. The molecule has 1 N–H and O–H groups in total. The molecule has 1 aliphatic heterocycles. The minimum absolute atomic E-state index is 0.149. The van der Waals surface area contributed by atoms with Crippen molar-refractivity contribution in [2.45, 2.75) is 39.3 Å². The van der Waals surface area contributed by atoms with Crippen LogP contribution in [0.3, 0.4) is 0 Å². The third-order valence-electron chi connectivity index (χ3n) is 3.25. The zero-order chi connectivity index (χ0) is 12.3. The molecule has 0 radical (unpaired) electrons. The number of aryl methyl sites for hydroxylation is 1. The maximum atomic E-state index is 11.5. The van der Waals surface area contributed by atoms with Gasteiger partial charge in [0.15, 0.2) is 5.75 Å². The van der Waals surface area contributed by atoms with Gasteiger partial charge in [-0.05, 0) is 32.4 Å². The Morgan fingerprint density at radius 3 is 2.71 bits per heavy atom. The van der Waals surface area contributed by atoms with Crippen molar-refractivity contribution in [3.05, 3.63) is 28.2 Å². The molecule has 2 heterocycles. The van der Waals surface area contributed by atoms with Crippen LogP contribution in [-0.4, -0.2) is 27.7 Å². The van der Waals surface area contributed by atoms with E-state index in [-0.39, 0.29) is 11.2 Å². The summed E-state index contributed by atoms with van der Waals surface area (Å²) in [5.41, 5.74) is 0.739. The van der Waals surface area contributed by atoms with Gasteiger partial charge in [-0.15, -0.1) is 0 Å². The fourth-order valence-electron chi connectivity index (χ4n) is 2.36. The maximum Gasteiger partial charge on any atom is 0.223 e. The lowest BCUT2D eigenvalue weighted by atomic mass is 10.3. The number of pyridine rings is 1. The van der Waals surface area contributed by atoms with Crippen LogP contribution in [0.2, 0.25) is 0 Å². The molecule has 0 unspecified atom stereocenters. The number of nitrogens with zero attached hydrogens (tertiary/aromatic N) is 2. The Balaban J connectivity index is 2.23. The van der Waals surface area contributed by atoms with E-state index in [0.29, 0.717) is 0 Å². The second-order valence-corrected chi connectivity index (χ2v) is 4.69. The van der Waals surface area contributed by atoms with Crippen molar-refractivity contribution >= 4 is 0 Å². The van der Waals surface area contributed by atoms with Gasteiger partial charge in [0, 0.05) is 24.8 Å². The van der Waals surface area contributed by atoms with Gasteiger partial charge in [0.25, 0.3) is 0 Å². The van der Waals surface area contributed by atoms with Crippen LogP contribution in [0.4, 0.5) is 0 Å². The summed E-state index contributed by atoms with van der Waals surface area (Å²) in [5, 5.41) is 9.47. The highest BCUT2D eigenvalue weighted by atomic mass is 16.3. The molecule has 1 fully saturated rings. The normalized spacial score (nSPS) is 16.5. The topological polar surface area (TPSA) is 45.5 Å². The Hall–Kier alpha value is -1.29. The minimum Gasteiger partial charge on any atom is -0.503 e. The monoisotopic (exact) mass is 236 g/mol. The molecule has 0 atom stereocenters. The van der Waals surface area contributed by atoms with E-state index in [9.17, 15) is 9.90 Å². The van der Waals surface area contributed by atoms with Gasteiger partial charge in [-0.2, -0.15) is 0 Å². The third kappa shape index (κ3) is 2.88. The van der Waals surface area contributed by atoms with Gasteiger partial charge >= 0.3 is 0 Å². The predicted molar refractivity (Wildman–Crippen MR) is 67.2 cm³/mol. The molecule has 4 nitrogen and oxygen atoms in total. The van der Waals surface area contributed by atoms with E-state index in [0.717, 1.165) is 38.3 Å². The second-order valence-electron chi connectivity index (χ2n) is 4.69. The molecule has 0 spiro atoms. The molecule has 1 aromatic heterocycles. The minimum atomic E-state index is -0.272. The first-order chi connectivity index (χ1) is 8.20. The Morgan fingerprint density at radius 1 is 1.35 bits per heavy atom. The molecule has 94 valence electrons. The number of likely N-dealkylation sites (tertiary alicyclic amines) is 1. The molecule has 4 heteroatoms. The number of aromatic nitrogens is 1. The summed E-state index contributed by atoms with van der Waals surface area (Å²) in [7, 11) is 0. The molecular weight excluding hydrogens is 216 g/mol. The highest BCUT2D eigenvalue weighted by molar-refractivity contribution is 5.20. The van der Waals surface area contributed by atoms with Crippen LogP contribution < -0.4 is 5.43 Å². The first kappa shape index (κ1) is 12.2. The zero-order valence-electron chi connectivity index (χ0n) is 10.4. The van der Waals surface area contributed by atoms with Crippen LogP contribution in [0.25, 0.3) is 0 Å². The summed E-state index contributed by atoms with van der Waals surface area (Å²) in [5.74, 6) is -0.149. The third-order valence-corrected chi connectivity index (χ3v) is 3.25. The average Bonchev–Trinajstić information content (AvgIpc) is 2.78. The molecule has 1 saturated heterocycles. The van der Waals surface area contributed by atoms with E-state index in [1.54, 1.807) is 12.3 Å². The molecule has 1 aromatic rings. The number of hydrogen-bond acceptors (Lipinski definition) is 3. The van der Waals surface area contributed by atoms with Crippen LogP contribution in [0.1, 0.15) is 31.9 Å². The Labute approximate surface area is 101 Å². The summed E-state index contributed by atoms with van der Waals surface area (Å²) in [6.07, 6.45) is 5.05. The van der Waals surface area contributed by atoms with Gasteiger partial charge in [0.2, 0.25) is 5.43 Å². The highest BCUT2D eigenvalue weighted by Crippen LogP contribution is 2.13. The van der Waals surface area contributed by atoms with Crippen LogP contribution in [0, 0.1) is 0 Å². The van der Waals surface area contributed by atoms with Gasteiger partial charge in [-0.25, -0.2) is 0 Å². The molecule has 0 bridgehead atoms. The van der Waals surface area contributed by atoms with Crippen LogP contribution in [0.5, 0.6) is 5.75 Å². The summed E-state index contributed by atoms with van der Waals surface area (Å²) >= 11 is 0. The lowest BCUT2D eigenvalue weighted by molar-refractivity contribution is 0.318. The molecule has 1 aliphatic rings. The molecule has 0 aliphatic carbocycles. The molecule has 0 aromatic carbocycles. The van der Waals surface area contributed by atoms with Gasteiger partial charge in [-0.3, -0.25) is 9.69 Å². The van der Waals surface area contributed by atoms with Gasteiger partial charge in [0.05, 0.1) is 6.20 Å². The largest absolute Gasteiger partial charge is 0.503 e. The van der Waals surface area contributed by atoms with E-state index < -0.39 is 0 Å². The predicted octanol–water partition coefficient (Wildman–Crippen LogP) is 1.56. The van der Waals surface area contributed by atoms with E-state index in [1.807, 2.05) is 4.57 Å². The summed E-state index contributed by atoms with van der Waals surface area (Å²) in [6, 6.07) is 1.57. The van der Waals surface area contributed by atoms with Gasteiger partial charge in [0.1, 0.15) is 0 Å². The Morgan fingerprint density at radius 2 is 2.06 bits per heavy atom. The van der Waals surface area contributed by atoms with Crippen molar-refractivity contribution in [3.63, 3.8) is 0 Å².